The molecule has 1 saturated heterocycles. The van der Waals surface area contributed by atoms with E-state index < -0.39 is 13.0 Å². The van der Waals surface area contributed by atoms with E-state index in [1.807, 2.05) is 18.2 Å². The first-order chi connectivity index (χ1) is 12.1. The monoisotopic (exact) mass is 349 g/mol. The Morgan fingerprint density at radius 1 is 1.32 bits per heavy atom. The van der Waals surface area contributed by atoms with Crippen LogP contribution in [-0.4, -0.2) is 41.4 Å². The number of para-hydroxylation sites is 1. The van der Waals surface area contributed by atoms with Crippen molar-refractivity contribution in [2.24, 2.45) is 0 Å². The quantitative estimate of drug-likeness (QED) is 0.872. The van der Waals surface area contributed by atoms with Gasteiger partial charge in [-0.25, -0.2) is 13.6 Å². The third-order valence-electron chi connectivity index (χ3n) is 4.09. The number of amides is 2. The summed E-state index contributed by atoms with van der Waals surface area (Å²) in [5, 5.41) is 9.37. The molecule has 2 aromatic rings. The lowest BCUT2D eigenvalue weighted by atomic mass is 10.1. The minimum absolute atomic E-state index is 0.0325. The number of piperidine rings is 1. The van der Waals surface area contributed by atoms with Crippen LogP contribution in [-0.2, 0) is 6.54 Å². The molecule has 8 heteroatoms. The maximum absolute atomic E-state index is 12.3. The first-order valence-electron chi connectivity index (χ1n) is 8.28. The van der Waals surface area contributed by atoms with Crippen LogP contribution in [0.15, 0.2) is 42.7 Å². The lowest BCUT2D eigenvalue weighted by Gasteiger charge is -2.34. The van der Waals surface area contributed by atoms with Crippen molar-refractivity contribution < 1.29 is 13.6 Å². The van der Waals surface area contributed by atoms with Crippen LogP contribution in [0.4, 0.5) is 25.0 Å². The minimum Gasteiger partial charge on any atom is -0.369 e. The Bertz CT molecular complexity index is 691. The van der Waals surface area contributed by atoms with E-state index in [0.717, 1.165) is 36.3 Å². The van der Waals surface area contributed by atoms with Crippen molar-refractivity contribution in [3.05, 3.63) is 42.7 Å². The van der Waals surface area contributed by atoms with Crippen LogP contribution in [0.3, 0.4) is 0 Å². The number of nitrogens with one attached hydrogen (secondary N) is 2. The molecular formula is C17H21F2N5O. The summed E-state index contributed by atoms with van der Waals surface area (Å²) in [6.07, 6.45) is 2.17. The maximum atomic E-state index is 12.3. The van der Waals surface area contributed by atoms with Crippen molar-refractivity contribution in [3.63, 3.8) is 0 Å². The van der Waals surface area contributed by atoms with Gasteiger partial charge < -0.3 is 15.5 Å². The fraction of sp³-hybridized carbons (Fsp3) is 0.412. The van der Waals surface area contributed by atoms with Gasteiger partial charge in [-0.1, -0.05) is 18.2 Å². The van der Waals surface area contributed by atoms with E-state index in [1.165, 1.54) is 12.4 Å². The van der Waals surface area contributed by atoms with Gasteiger partial charge in [0, 0.05) is 31.0 Å². The lowest BCUT2D eigenvalue weighted by Crippen LogP contribution is -2.49. The van der Waals surface area contributed by atoms with Crippen LogP contribution in [0, 0.1) is 0 Å². The third kappa shape index (κ3) is 4.91. The first kappa shape index (κ1) is 17.2. The molecule has 0 radical (unpaired) electrons. The summed E-state index contributed by atoms with van der Waals surface area (Å²) in [6, 6.07) is 9.76. The predicted molar refractivity (Wildman–Crippen MR) is 92.1 cm³/mol. The average Bonchev–Trinajstić information content (AvgIpc) is 3.02. The number of halogens is 2. The standard InChI is InChI=1S/C17H21F2N5O/c18-16(19)12-24-11-14(9-20-24)22-17(25)21-13-5-4-8-23(10-13)15-6-2-1-3-7-15/h1-3,6-7,9,11,13,16H,4-5,8,10,12H2,(H2,21,22,25)/t13-/m0/s1. The number of urea groups is 1. The van der Waals surface area contributed by atoms with Gasteiger partial charge in [0.1, 0.15) is 6.54 Å². The molecule has 2 amide bonds. The highest BCUT2D eigenvalue weighted by molar-refractivity contribution is 5.89. The zero-order valence-electron chi connectivity index (χ0n) is 13.7. The van der Waals surface area contributed by atoms with E-state index >= 15 is 0 Å². The molecule has 1 aliphatic heterocycles. The van der Waals surface area contributed by atoms with Crippen LogP contribution < -0.4 is 15.5 Å². The van der Waals surface area contributed by atoms with Crippen molar-refractivity contribution in [2.45, 2.75) is 31.9 Å². The van der Waals surface area contributed by atoms with E-state index in [4.69, 9.17) is 0 Å². The Morgan fingerprint density at radius 3 is 2.88 bits per heavy atom. The largest absolute Gasteiger partial charge is 0.369 e. The average molecular weight is 349 g/mol. The molecule has 1 atom stereocenters. The van der Waals surface area contributed by atoms with Crippen LogP contribution in [0.1, 0.15) is 12.8 Å². The number of anilines is 2. The van der Waals surface area contributed by atoms with Gasteiger partial charge in [0.05, 0.1) is 11.9 Å². The van der Waals surface area contributed by atoms with Gasteiger partial charge >= 0.3 is 6.03 Å². The van der Waals surface area contributed by atoms with Gasteiger partial charge in [-0.2, -0.15) is 5.10 Å². The predicted octanol–water partition coefficient (Wildman–Crippen LogP) is 2.94. The first-order valence-corrected chi connectivity index (χ1v) is 8.28. The number of benzene rings is 1. The summed E-state index contributed by atoms with van der Waals surface area (Å²) >= 11 is 0. The van der Waals surface area contributed by atoms with Gasteiger partial charge in [0.15, 0.2) is 0 Å². The van der Waals surface area contributed by atoms with Gasteiger partial charge in [0.2, 0.25) is 0 Å². The Kier molecular flexibility index (Phi) is 5.47. The molecule has 0 unspecified atom stereocenters. The molecule has 3 rings (SSSR count). The summed E-state index contributed by atoms with van der Waals surface area (Å²) in [4.78, 5) is 14.4. The fourth-order valence-corrected chi connectivity index (χ4v) is 2.99. The van der Waals surface area contributed by atoms with E-state index in [0.29, 0.717) is 5.69 Å². The Hall–Kier alpha value is -2.64. The molecule has 2 N–H and O–H groups in total. The summed E-state index contributed by atoms with van der Waals surface area (Å²) in [5.41, 5.74) is 1.54. The normalized spacial score (nSPS) is 17.6. The number of hydrogen-bond acceptors (Lipinski definition) is 3. The van der Waals surface area contributed by atoms with E-state index in [1.54, 1.807) is 0 Å². The number of carbonyl (C=O) groups excluding carboxylic acids is 1. The number of hydrogen-bond donors (Lipinski definition) is 2. The molecule has 0 saturated carbocycles. The third-order valence-corrected chi connectivity index (χ3v) is 4.09. The van der Waals surface area contributed by atoms with Crippen molar-refractivity contribution in [2.75, 3.05) is 23.3 Å². The van der Waals surface area contributed by atoms with Crippen LogP contribution >= 0.6 is 0 Å². The molecule has 1 aromatic carbocycles. The number of alkyl halides is 2. The van der Waals surface area contributed by atoms with E-state index in [2.05, 4.69) is 32.8 Å². The molecule has 134 valence electrons. The summed E-state index contributed by atoms with van der Waals surface area (Å²) in [5.74, 6) is 0. The zero-order valence-corrected chi connectivity index (χ0v) is 13.7. The van der Waals surface area contributed by atoms with Crippen LogP contribution in [0.2, 0.25) is 0 Å². The van der Waals surface area contributed by atoms with Crippen LogP contribution in [0.25, 0.3) is 0 Å². The topological polar surface area (TPSA) is 62.2 Å². The maximum Gasteiger partial charge on any atom is 0.319 e. The Morgan fingerprint density at radius 2 is 2.12 bits per heavy atom. The molecule has 1 aromatic heterocycles. The lowest BCUT2D eigenvalue weighted by molar-refractivity contribution is 0.122. The van der Waals surface area contributed by atoms with Crippen molar-refractivity contribution in [3.8, 4) is 0 Å². The molecule has 1 aliphatic rings. The molecule has 25 heavy (non-hydrogen) atoms. The minimum atomic E-state index is -2.48. The Balaban J connectivity index is 1.51. The van der Waals surface area contributed by atoms with Crippen LogP contribution in [0.5, 0.6) is 0 Å². The summed E-state index contributed by atoms with van der Waals surface area (Å²) < 4.78 is 25.7. The highest BCUT2D eigenvalue weighted by Crippen LogP contribution is 2.19. The summed E-state index contributed by atoms with van der Waals surface area (Å²) in [7, 11) is 0. The number of nitrogens with zero attached hydrogens (tertiary/aromatic N) is 3. The second-order valence-corrected chi connectivity index (χ2v) is 6.06. The molecule has 1 fully saturated rings. The molecule has 6 nitrogen and oxygen atoms in total. The molecule has 0 spiro atoms. The second-order valence-electron chi connectivity index (χ2n) is 6.06. The SMILES string of the molecule is O=C(Nc1cnn(CC(F)F)c1)N[C@H]1CCCN(c2ccccc2)C1. The van der Waals surface area contributed by atoms with Gasteiger partial charge in [0.25, 0.3) is 6.43 Å². The number of rotatable bonds is 5. The number of carbonyl (C=O) groups is 1. The highest BCUT2D eigenvalue weighted by Gasteiger charge is 2.21. The van der Waals surface area contributed by atoms with Gasteiger partial charge in [-0.15, -0.1) is 0 Å². The van der Waals surface area contributed by atoms with Crippen molar-refractivity contribution in [1.82, 2.24) is 15.1 Å². The van der Waals surface area contributed by atoms with Gasteiger partial charge in [-0.05, 0) is 25.0 Å². The van der Waals surface area contributed by atoms with E-state index in [-0.39, 0.29) is 12.1 Å². The van der Waals surface area contributed by atoms with Gasteiger partial charge in [-0.3, -0.25) is 4.68 Å². The molecule has 0 aliphatic carbocycles. The van der Waals surface area contributed by atoms with Crippen molar-refractivity contribution >= 4 is 17.4 Å². The summed E-state index contributed by atoms with van der Waals surface area (Å²) in [6.45, 7) is 1.21. The highest BCUT2D eigenvalue weighted by atomic mass is 19.3. The molecular weight excluding hydrogens is 328 g/mol. The Labute approximate surface area is 144 Å². The zero-order chi connectivity index (χ0) is 17.6. The van der Waals surface area contributed by atoms with E-state index in [9.17, 15) is 13.6 Å². The molecule has 0 bridgehead atoms. The smallest absolute Gasteiger partial charge is 0.319 e. The van der Waals surface area contributed by atoms with Crippen molar-refractivity contribution in [1.29, 1.82) is 0 Å². The molecule has 2 heterocycles. The number of aromatic nitrogens is 2. The second kappa shape index (κ2) is 7.96. The fourth-order valence-electron chi connectivity index (χ4n) is 2.99.